The zero-order valence-electron chi connectivity index (χ0n) is 5.26. The number of nitrogens with two attached hydrogens (primary N) is 1. The van der Waals surface area contributed by atoms with Crippen LogP contribution in [0.4, 0.5) is 0 Å². The number of aliphatic imine (C=N–C) groups is 1. The van der Waals surface area contributed by atoms with Crippen LogP contribution in [-0.4, -0.2) is 23.9 Å². The summed E-state index contributed by atoms with van der Waals surface area (Å²) in [7, 11) is 0. The van der Waals surface area contributed by atoms with Gasteiger partial charge in [-0.2, -0.15) is 0 Å². The first kappa shape index (κ1) is 6.60. The van der Waals surface area contributed by atoms with Crippen molar-refractivity contribution in [3.05, 3.63) is 11.4 Å². The lowest BCUT2D eigenvalue weighted by Crippen LogP contribution is -2.30. The first-order valence-electron chi connectivity index (χ1n) is 2.73. The van der Waals surface area contributed by atoms with Crippen LogP contribution in [0, 0.1) is 5.41 Å². The molecule has 0 atom stereocenters. The van der Waals surface area contributed by atoms with E-state index < -0.39 is 0 Å². The van der Waals surface area contributed by atoms with Gasteiger partial charge >= 0.3 is 0 Å². The van der Waals surface area contributed by atoms with Crippen molar-refractivity contribution in [1.29, 1.82) is 5.41 Å². The summed E-state index contributed by atoms with van der Waals surface area (Å²) in [6.45, 7) is 0.273. The average molecular weight is 140 g/mol. The normalized spacial score (nSPS) is 17.8. The monoisotopic (exact) mass is 140 g/mol. The molecule has 1 rings (SSSR count). The minimum Gasteiger partial charge on any atom is -0.493 e. The third kappa shape index (κ3) is 0.928. The zero-order chi connectivity index (χ0) is 7.56. The minimum atomic E-state index is -0.175. The van der Waals surface area contributed by atoms with Crippen LogP contribution >= 0.6 is 0 Å². The molecule has 0 bridgehead atoms. The molecular formula is C5H8N4O. The number of hydrogen-bond donors (Lipinski definition) is 4. The number of aliphatic hydroxyl groups is 1. The lowest BCUT2D eigenvalue weighted by Gasteiger charge is -2.12. The predicted molar refractivity (Wildman–Crippen MR) is 38.1 cm³/mol. The smallest absolute Gasteiger partial charge is 0.220 e. The van der Waals surface area contributed by atoms with E-state index in [1.54, 1.807) is 0 Å². The molecule has 1 aliphatic rings. The van der Waals surface area contributed by atoms with Crippen molar-refractivity contribution in [2.45, 2.75) is 0 Å². The topological polar surface area (TPSA) is 94.5 Å². The minimum absolute atomic E-state index is 0.175. The second-order valence-electron chi connectivity index (χ2n) is 1.79. The van der Waals surface area contributed by atoms with E-state index in [0.29, 0.717) is 5.82 Å². The Morgan fingerprint density at radius 3 is 2.90 bits per heavy atom. The maximum absolute atomic E-state index is 8.96. The second-order valence-corrected chi connectivity index (χ2v) is 1.79. The van der Waals surface area contributed by atoms with Crippen molar-refractivity contribution in [1.82, 2.24) is 5.32 Å². The van der Waals surface area contributed by atoms with Gasteiger partial charge in [0.25, 0.3) is 0 Å². The largest absolute Gasteiger partial charge is 0.493 e. The molecule has 0 aromatic rings. The van der Waals surface area contributed by atoms with Crippen molar-refractivity contribution < 1.29 is 5.11 Å². The second kappa shape index (κ2) is 2.38. The van der Waals surface area contributed by atoms with E-state index >= 15 is 0 Å². The van der Waals surface area contributed by atoms with Gasteiger partial charge in [0.2, 0.25) is 5.90 Å². The third-order valence-electron chi connectivity index (χ3n) is 1.17. The molecule has 0 aromatic heterocycles. The maximum atomic E-state index is 8.96. The highest BCUT2D eigenvalue weighted by Gasteiger charge is 2.10. The first-order valence-corrected chi connectivity index (χ1v) is 2.73. The first-order chi connectivity index (χ1) is 4.75. The van der Waals surface area contributed by atoms with Gasteiger partial charge in [-0.3, -0.25) is 0 Å². The molecular weight excluding hydrogens is 132 g/mol. The molecule has 0 unspecified atom stereocenters. The summed E-state index contributed by atoms with van der Waals surface area (Å²) >= 11 is 0. The lowest BCUT2D eigenvalue weighted by molar-refractivity contribution is 0.541. The third-order valence-corrected chi connectivity index (χ3v) is 1.17. The number of rotatable bonds is 1. The molecule has 0 spiro atoms. The highest BCUT2D eigenvalue weighted by molar-refractivity contribution is 6.11. The van der Waals surface area contributed by atoms with E-state index in [9.17, 15) is 0 Å². The van der Waals surface area contributed by atoms with E-state index in [4.69, 9.17) is 16.2 Å². The van der Waals surface area contributed by atoms with Crippen molar-refractivity contribution in [2.24, 2.45) is 10.7 Å². The molecule has 0 saturated heterocycles. The van der Waals surface area contributed by atoms with E-state index in [1.165, 1.54) is 0 Å². The molecule has 5 N–H and O–H groups in total. The molecule has 1 aliphatic heterocycles. The average Bonchev–Trinajstić information content (AvgIpc) is 1.88. The van der Waals surface area contributed by atoms with Crippen LogP contribution in [0.1, 0.15) is 0 Å². The van der Waals surface area contributed by atoms with Gasteiger partial charge in [-0.25, -0.2) is 4.99 Å². The fourth-order valence-corrected chi connectivity index (χ4v) is 0.643. The molecule has 5 nitrogen and oxygen atoms in total. The summed E-state index contributed by atoms with van der Waals surface area (Å²) in [5.41, 5.74) is 5.60. The zero-order valence-corrected chi connectivity index (χ0v) is 5.26. The quantitative estimate of drug-likeness (QED) is 0.363. The SMILES string of the molecule is N=CC1=C(N)NCN=C1O. The Morgan fingerprint density at radius 1 is 1.80 bits per heavy atom. The van der Waals surface area contributed by atoms with Gasteiger partial charge in [0, 0.05) is 6.21 Å². The van der Waals surface area contributed by atoms with Gasteiger partial charge < -0.3 is 21.6 Å². The van der Waals surface area contributed by atoms with Gasteiger partial charge in [0.1, 0.15) is 12.5 Å². The van der Waals surface area contributed by atoms with Gasteiger partial charge in [0.05, 0.1) is 5.57 Å². The predicted octanol–water partition coefficient (Wildman–Crippen LogP) is -0.677. The van der Waals surface area contributed by atoms with Crippen LogP contribution in [0.15, 0.2) is 16.4 Å². The van der Waals surface area contributed by atoms with E-state index in [1.807, 2.05) is 0 Å². The van der Waals surface area contributed by atoms with Crippen LogP contribution < -0.4 is 11.1 Å². The van der Waals surface area contributed by atoms with Crippen LogP contribution in [0.3, 0.4) is 0 Å². The van der Waals surface area contributed by atoms with Gasteiger partial charge in [0.15, 0.2) is 0 Å². The number of nitrogens with zero attached hydrogens (tertiary/aromatic N) is 1. The van der Waals surface area contributed by atoms with Crippen LogP contribution in [0.5, 0.6) is 0 Å². The van der Waals surface area contributed by atoms with E-state index in [2.05, 4.69) is 10.3 Å². The molecule has 1 heterocycles. The van der Waals surface area contributed by atoms with E-state index in [-0.39, 0.29) is 18.1 Å². The van der Waals surface area contributed by atoms with Gasteiger partial charge in [-0.05, 0) is 0 Å². The summed E-state index contributed by atoms with van der Waals surface area (Å²) in [5.74, 6) is 0.119. The maximum Gasteiger partial charge on any atom is 0.220 e. The molecule has 10 heavy (non-hydrogen) atoms. The molecule has 0 radical (unpaired) electrons. The standard InChI is InChI=1S/C5H8N4O/c6-1-3-4(7)8-2-9-5(3)10/h1,6,8H,2,7H2,(H,9,10). The Bertz CT molecular complexity index is 218. The summed E-state index contributed by atoms with van der Waals surface area (Å²) < 4.78 is 0. The van der Waals surface area contributed by atoms with Gasteiger partial charge in [-0.1, -0.05) is 0 Å². The number of hydrogen-bond acceptors (Lipinski definition) is 4. The lowest BCUT2D eigenvalue weighted by atomic mass is 10.2. The highest BCUT2D eigenvalue weighted by atomic mass is 16.3. The summed E-state index contributed by atoms with van der Waals surface area (Å²) in [4.78, 5) is 3.60. The molecule has 54 valence electrons. The molecule has 0 fully saturated rings. The van der Waals surface area contributed by atoms with Crippen molar-refractivity contribution in [3.63, 3.8) is 0 Å². The fraction of sp³-hybridized carbons (Fsp3) is 0.200. The van der Waals surface area contributed by atoms with Crippen LogP contribution in [0.25, 0.3) is 0 Å². The Hall–Kier alpha value is -1.52. The van der Waals surface area contributed by atoms with E-state index in [0.717, 1.165) is 6.21 Å². The molecule has 0 amide bonds. The van der Waals surface area contributed by atoms with Crippen LogP contribution in [-0.2, 0) is 0 Å². The Labute approximate surface area is 57.8 Å². The highest BCUT2D eigenvalue weighted by Crippen LogP contribution is 1.99. The number of nitrogens with one attached hydrogen (secondary N) is 2. The summed E-state index contributed by atoms with van der Waals surface area (Å²) in [6, 6.07) is 0. The summed E-state index contributed by atoms with van der Waals surface area (Å²) in [6.07, 6.45) is 0.959. The van der Waals surface area contributed by atoms with Crippen molar-refractivity contribution in [2.75, 3.05) is 6.67 Å². The number of aliphatic hydroxyl groups excluding tert-OH is 1. The molecule has 0 aromatic carbocycles. The Balaban J connectivity index is 2.97. The molecule has 5 heteroatoms. The molecule has 0 aliphatic carbocycles. The van der Waals surface area contributed by atoms with Gasteiger partial charge in [-0.15, -0.1) is 0 Å². The Kier molecular flexibility index (Phi) is 1.57. The van der Waals surface area contributed by atoms with Crippen LogP contribution in [0.2, 0.25) is 0 Å². The van der Waals surface area contributed by atoms with Crippen molar-refractivity contribution >= 4 is 12.1 Å². The molecule has 0 saturated carbocycles. The summed E-state index contributed by atoms with van der Waals surface area (Å²) in [5, 5.41) is 18.4. The fourth-order valence-electron chi connectivity index (χ4n) is 0.643. The van der Waals surface area contributed by atoms with Crippen molar-refractivity contribution in [3.8, 4) is 0 Å². The Morgan fingerprint density at radius 2 is 2.50 bits per heavy atom.